The Hall–Kier alpha value is -5.58. The zero-order valence-corrected chi connectivity index (χ0v) is 25.2. The second-order valence-corrected chi connectivity index (χ2v) is 12.8. The molecule has 0 amide bonds. The van der Waals surface area contributed by atoms with Crippen LogP contribution in [0.5, 0.6) is 0 Å². The largest absolute Gasteiger partial charge is 0.276 e. The first kappa shape index (κ1) is 20.5. The van der Waals surface area contributed by atoms with Crippen molar-refractivity contribution in [1.82, 2.24) is 14.5 Å². The molecule has 0 spiro atoms. The van der Waals surface area contributed by atoms with Gasteiger partial charge in [0.2, 0.25) is 5.95 Å². The van der Waals surface area contributed by atoms with E-state index in [9.17, 15) is 0 Å². The minimum atomic E-state index is -2.60. The average molecular weight is 612 g/mol. The highest BCUT2D eigenvalue weighted by Crippen LogP contribution is 2.49. The Morgan fingerprint density at radius 1 is 0.609 bits per heavy atom. The molecule has 7 aromatic carbocycles. The molecule has 0 saturated carbocycles. The van der Waals surface area contributed by atoms with Crippen molar-refractivity contribution in [3.05, 3.63) is 139 Å². The number of hydrogen-bond acceptors (Lipinski definition) is 3. The van der Waals surface area contributed by atoms with Crippen LogP contribution in [-0.2, 0) is 0 Å². The molecule has 0 bridgehead atoms. The SMILES string of the molecule is [2H]C([2H])([2H])c1ccc(-c2nc(-n3c4ccc5ccccc5c4c4c5ccccc5c5c6ccccc6sc5c43)nc3ccccc23)c(C([2H])([2H])[2H])c1. The maximum Gasteiger partial charge on any atom is 0.235 e. The molecule has 0 atom stereocenters. The number of aryl methyl sites for hydroxylation is 2. The number of rotatable bonds is 2. The van der Waals surface area contributed by atoms with E-state index in [1.807, 2.05) is 30.3 Å². The number of nitrogens with zero attached hydrogens (tertiary/aromatic N) is 3. The molecule has 46 heavy (non-hydrogen) atoms. The number of benzene rings is 7. The molecule has 0 aliphatic rings. The lowest BCUT2D eigenvalue weighted by atomic mass is 9.97. The Balaban J connectivity index is 1.42. The number of fused-ring (bicyclic) bond motifs is 13. The third-order valence-electron chi connectivity index (χ3n) is 9.20. The molecule has 10 rings (SSSR count). The van der Waals surface area contributed by atoms with Crippen molar-refractivity contribution >= 4 is 85.8 Å². The fourth-order valence-corrected chi connectivity index (χ4v) is 8.52. The van der Waals surface area contributed by atoms with Gasteiger partial charge in [0, 0.05) is 45.4 Å². The minimum absolute atomic E-state index is 0.0331. The summed E-state index contributed by atoms with van der Waals surface area (Å²) in [5.41, 5.74) is 3.22. The molecule has 0 unspecified atom stereocenters. The van der Waals surface area contributed by atoms with Gasteiger partial charge in [0.25, 0.3) is 0 Å². The van der Waals surface area contributed by atoms with Crippen LogP contribution in [0, 0.1) is 13.7 Å². The van der Waals surface area contributed by atoms with Gasteiger partial charge in [-0.15, -0.1) is 11.3 Å². The highest BCUT2D eigenvalue weighted by atomic mass is 32.1. The molecular weight excluding hydrogens is 579 g/mol. The first-order valence-electron chi connectivity index (χ1n) is 18.2. The van der Waals surface area contributed by atoms with Gasteiger partial charge in [0.05, 0.1) is 26.9 Å². The molecule has 0 fully saturated rings. The van der Waals surface area contributed by atoms with Crippen molar-refractivity contribution in [1.29, 1.82) is 0 Å². The Morgan fingerprint density at radius 2 is 1.35 bits per heavy atom. The van der Waals surface area contributed by atoms with Gasteiger partial charge in [-0.05, 0) is 59.0 Å². The number of aromatic nitrogens is 3. The number of para-hydroxylation sites is 1. The van der Waals surface area contributed by atoms with Crippen molar-refractivity contribution in [3.8, 4) is 17.2 Å². The Kier molecular flexibility index (Phi) is 4.21. The monoisotopic (exact) mass is 611 g/mol. The second-order valence-electron chi connectivity index (χ2n) is 11.7. The van der Waals surface area contributed by atoms with Crippen molar-refractivity contribution < 1.29 is 8.22 Å². The van der Waals surface area contributed by atoms with E-state index in [0.717, 1.165) is 42.7 Å². The first-order chi connectivity index (χ1) is 25.1. The highest BCUT2D eigenvalue weighted by Gasteiger charge is 2.25. The maximum absolute atomic E-state index is 8.48. The van der Waals surface area contributed by atoms with E-state index in [1.165, 1.54) is 33.0 Å². The summed E-state index contributed by atoms with van der Waals surface area (Å²) in [6.45, 7) is -5.07. The summed E-state index contributed by atoms with van der Waals surface area (Å²) >= 11 is 1.75. The topological polar surface area (TPSA) is 30.7 Å². The molecule has 0 aliphatic carbocycles. The van der Waals surface area contributed by atoms with E-state index >= 15 is 0 Å². The molecule has 3 nitrogen and oxygen atoms in total. The zero-order valence-electron chi connectivity index (χ0n) is 30.4. The van der Waals surface area contributed by atoms with E-state index in [1.54, 1.807) is 17.4 Å². The van der Waals surface area contributed by atoms with Gasteiger partial charge < -0.3 is 0 Å². The van der Waals surface area contributed by atoms with Crippen LogP contribution < -0.4 is 0 Å². The van der Waals surface area contributed by atoms with Gasteiger partial charge in [-0.25, -0.2) is 9.97 Å². The van der Waals surface area contributed by atoms with Crippen LogP contribution in [0.3, 0.4) is 0 Å². The second kappa shape index (κ2) is 9.46. The normalized spacial score (nSPS) is 14.6. The average Bonchev–Trinajstić information content (AvgIpc) is 3.71. The molecule has 4 heteroatoms. The standard InChI is InChI=1S/C42H27N3S/c1-24-19-21-27(25(2)23-24)39-31-15-7-9-17-33(31)43-42(44-39)45-34-22-20-26-11-3-4-12-28(26)37(34)38-30-14-6-5-13-29(30)36-32-16-8-10-18-35(32)46-41(36)40(38)45/h3-23H,1-2H3/i1D3,2D3. The van der Waals surface area contributed by atoms with Crippen LogP contribution in [-0.4, -0.2) is 14.5 Å². The maximum atomic E-state index is 8.48. The van der Waals surface area contributed by atoms with Crippen LogP contribution in [0.2, 0.25) is 0 Å². The molecule has 0 saturated heterocycles. The van der Waals surface area contributed by atoms with Gasteiger partial charge in [0.15, 0.2) is 0 Å². The highest BCUT2D eigenvalue weighted by molar-refractivity contribution is 7.27. The van der Waals surface area contributed by atoms with Crippen LogP contribution in [0.4, 0.5) is 0 Å². The van der Waals surface area contributed by atoms with Crippen molar-refractivity contribution in [3.63, 3.8) is 0 Å². The van der Waals surface area contributed by atoms with Crippen LogP contribution in [0.1, 0.15) is 19.4 Å². The van der Waals surface area contributed by atoms with Gasteiger partial charge in [-0.1, -0.05) is 115 Å². The summed E-state index contributed by atoms with van der Waals surface area (Å²) in [7, 11) is 0. The molecule has 10 aromatic rings. The third-order valence-corrected chi connectivity index (χ3v) is 10.4. The summed E-state index contributed by atoms with van der Waals surface area (Å²) in [6, 6.07) is 41.6. The molecule has 0 radical (unpaired) electrons. The lowest BCUT2D eigenvalue weighted by molar-refractivity contribution is 1.02. The fraction of sp³-hybridized carbons (Fsp3) is 0.0476. The summed E-state index contributed by atoms with van der Waals surface area (Å²) in [6.07, 6.45) is 0. The van der Waals surface area contributed by atoms with Crippen LogP contribution >= 0.6 is 11.3 Å². The van der Waals surface area contributed by atoms with Crippen molar-refractivity contribution in [2.75, 3.05) is 0 Å². The van der Waals surface area contributed by atoms with Gasteiger partial charge in [-0.3, -0.25) is 4.57 Å². The van der Waals surface area contributed by atoms with Crippen LogP contribution in [0.15, 0.2) is 127 Å². The molecular formula is C42H27N3S. The van der Waals surface area contributed by atoms with Crippen molar-refractivity contribution in [2.45, 2.75) is 13.7 Å². The Bertz CT molecular complexity index is 3120. The zero-order chi connectivity index (χ0) is 35.5. The summed E-state index contributed by atoms with van der Waals surface area (Å²) in [5.74, 6) is 0.398. The van der Waals surface area contributed by atoms with E-state index in [2.05, 4.69) is 83.4 Å². The molecule has 3 aromatic heterocycles. The fourth-order valence-electron chi connectivity index (χ4n) is 7.26. The third kappa shape index (κ3) is 3.48. The van der Waals surface area contributed by atoms with E-state index in [-0.39, 0.29) is 11.1 Å². The van der Waals surface area contributed by atoms with E-state index in [4.69, 9.17) is 18.2 Å². The van der Waals surface area contributed by atoms with Gasteiger partial charge in [-0.2, -0.15) is 0 Å². The lowest BCUT2D eigenvalue weighted by Gasteiger charge is -2.14. The lowest BCUT2D eigenvalue weighted by Crippen LogP contribution is -2.04. The summed E-state index contributed by atoms with van der Waals surface area (Å²) in [5, 5.41) is 9.73. The van der Waals surface area contributed by atoms with Crippen LogP contribution in [0.25, 0.3) is 91.6 Å². The predicted molar refractivity (Wildman–Crippen MR) is 197 cm³/mol. The molecule has 3 heterocycles. The first-order valence-corrected chi connectivity index (χ1v) is 16.0. The van der Waals surface area contributed by atoms with Gasteiger partial charge in [0.1, 0.15) is 0 Å². The van der Waals surface area contributed by atoms with Crippen molar-refractivity contribution in [2.24, 2.45) is 0 Å². The quantitative estimate of drug-likeness (QED) is 0.195. The Morgan fingerprint density at radius 3 is 2.20 bits per heavy atom. The van der Waals surface area contributed by atoms with E-state index < -0.39 is 13.7 Å². The summed E-state index contributed by atoms with van der Waals surface area (Å²) in [4.78, 5) is 10.5. The smallest absolute Gasteiger partial charge is 0.235 e. The Labute approximate surface area is 277 Å². The number of thiophene rings is 1. The predicted octanol–water partition coefficient (Wildman–Crippen LogP) is 11.7. The summed E-state index contributed by atoms with van der Waals surface area (Å²) < 4.78 is 53.9. The molecule has 0 aliphatic heterocycles. The molecule has 216 valence electrons. The number of hydrogen-bond donors (Lipinski definition) is 0. The molecule has 0 N–H and O–H groups in total. The van der Waals surface area contributed by atoms with Gasteiger partial charge >= 0.3 is 0 Å². The van der Waals surface area contributed by atoms with E-state index in [0.29, 0.717) is 28.1 Å². The minimum Gasteiger partial charge on any atom is -0.276 e.